The highest BCUT2D eigenvalue weighted by molar-refractivity contribution is 4.87. The Morgan fingerprint density at radius 3 is 2.41 bits per heavy atom. The molecular formula is C14H29N3. The Morgan fingerprint density at radius 1 is 1.24 bits per heavy atom. The Hall–Kier alpha value is -0.120. The summed E-state index contributed by atoms with van der Waals surface area (Å²) in [6, 6.07) is 0.728. The average Bonchev–Trinajstić information content (AvgIpc) is 3.13. The van der Waals surface area contributed by atoms with E-state index in [0.717, 1.165) is 17.9 Å². The second-order valence-electron chi connectivity index (χ2n) is 6.20. The molecule has 1 aliphatic carbocycles. The maximum atomic E-state index is 3.49. The Labute approximate surface area is 107 Å². The van der Waals surface area contributed by atoms with Gasteiger partial charge >= 0.3 is 0 Å². The molecule has 3 heteroatoms. The monoisotopic (exact) mass is 239 g/mol. The number of hydrogen-bond donors (Lipinski definition) is 1. The van der Waals surface area contributed by atoms with Crippen molar-refractivity contribution in [3.63, 3.8) is 0 Å². The fraction of sp³-hybridized carbons (Fsp3) is 1.00. The average molecular weight is 239 g/mol. The van der Waals surface area contributed by atoms with Crippen molar-refractivity contribution in [2.75, 3.05) is 47.3 Å². The van der Waals surface area contributed by atoms with Crippen LogP contribution in [0.25, 0.3) is 0 Å². The van der Waals surface area contributed by atoms with Crippen LogP contribution >= 0.6 is 0 Å². The van der Waals surface area contributed by atoms with Crippen LogP contribution < -0.4 is 5.32 Å². The number of rotatable bonds is 6. The molecule has 0 aromatic rings. The predicted molar refractivity (Wildman–Crippen MR) is 73.3 cm³/mol. The number of hydrogen-bond acceptors (Lipinski definition) is 3. The molecule has 1 heterocycles. The number of piperidine rings is 1. The summed E-state index contributed by atoms with van der Waals surface area (Å²) in [6.07, 6.45) is 5.64. The molecule has 17 heavy (non-hydrogen) atoms. The van der Waals surface area contributed by atoms with E-state index in [4.69, 9.17) is 0 Å². The van der Waals surface area contributed by atoms with E-state index >= 15 is 0 Å². The molecule has 1 atom stereocenters. The lowest BCUT2D eigenvalue weighted by atomic mass is 9.96. The highest BCUT2D eigenvalue weighted by Gasteiger charge is 2.31. The smallest absolute Gasteiger partial charge is 0.0220 e. The van der Waals surface area contributed by atoms with Crippen molar-refractivity contribution < 1.29 is 0 Å². The van der Waals surface area contributed by atoms with Crippen LogP contribution in [0.3, 0.4) is 0 Å². The van der Waals surface area contributed by atoms with Crippen LogP contribution in [0.1, 0.15) is 25.7 Å². The molecule has 100 valence electrons. The van der Waals surface area contributed by atoms with Gasteiger partial charge in [0.05, 0.1) is 0 Å². The number of likely N-dealkylation sites (N-methyl/N-ethyl adjacent to an activating group) is 2. The maximum absolute atomic E-state index is 3.49. The summed E-state index contributed by atoms with van der Waals surface area (Å²) < 4.78 is 0. The SMILES string of the molecule is CNC(CN(C)CC1CCN(C)CC1)C1CC1. The minimum absolute atomic E-state index is 0.728. The lowest BCUT2D eigenvalue weighted by Gasteiger charge is -2.33. The predicted octanol–water partition coefficient (Wildman–Crippen LogP) is 1.26. The number of nitrogens with zero attached hydrogens (tertiary/aromatic N) is 2. The second kappa shape index (κ2) is 6.17. The van der Waals surface area contributed by atoms with E-state index in [0.29, 0.717) is 0 Å². The van der Waals surface area contributed by atoms with E-state index in [-0.39, 0.29) is 0 Å². The van der Waals surface area contributed by atoms with Crippen molar-refractivity contribution in [1.29, 1.82) is 0 Å². The van der Waals surface area contributed by atoms with Crippen LogP contribution in [0.4, 0.5) is 0 Å². The standard InChI is InChI=1S/C14H29N3/c1-15-14(13-4-5-13)11-17(3)10-12-6-8-16(2)9-7-12/h12-15H,4-11H2,1-3H3. The van der Waals surface area contributed by atoms with E-state index in [1.807, 2.05) is 0 Å². The van der Waals surface area contributed by atoms with Crippen LogP contribution in [0.15, 0.2) is 0 Å². The van der Waals surface area contributed by atoms with Gasteiger partial charge in [-0.05, 0) is 71.8 Å². The first kappa shape index (κ1) is 13.3. The lowest BCUT2D eigenvalue weighted by Crippen LogP contribution is -2.42. The van der Waals surface area contributed by atoms with Gasteiger partial charge in [-0.15, -0.1) is 0 Å². The van der Waals surface area contributed by atoms with Gasteiger partial charge in [-0.25, -0.2) is 0 Å². The molecule has 2 aliphatic rings. The Bertz CT molecular complexity index is 220. The molecule has 0 spiro atoms. The van der Waals surface area contributed by atoms with E-state index in [9.17, 15) is 0 Å². The number of likely N-dealkylation sites (tertiary alicyclic amines) is 1. The zero-order valence-corrected chi connectivity index (χ0v) is 11.8. The van der Waals surface area contributed by atoms with Gasteiger partial charge in [0.25, 0.3) is 0 Å². The van der Waals surface area contributed by atoms with Crippen molar-refractivity contribution in [3.8, 4) is 0 Å². The minimum atomic E-state index is 0.728. The largest absolute Gasteiger partial charge is 0.315 e. The lowest BCUT2D eigenvalue weighted by molar-refractivity contribution is 0.167. The van der Waals surface area contributed by atoms with Crippen LogP contribution in [0.2, 0.25) is 0 Å². The molecular weight excluding hydrogens is 210 g/mol. The van der Waals surface area contributed by atoms with Gasteiger partial charge in [-0.1, -0.05) is 0 Å². The Morgan fingerprint density at radius 2 is 1.88 bits per heavy atom. The van der Waals surface area contributed by atoms with E-state index in [1.54, 1.807) is 0 Å². The minimum Gasteiger partial charge on any atom is -0.315 e. The summed E-state index contributed by atoms with van der Waals surface area (Å²) in [6.45, 7) is 5.10. The van der Waals surface area contributed by atoms with Gasteiger partial charge in [0.1, 0.15) is 0 Å². The van der Waals surface area contributed by atoms with Gasteiger partial charge < -0.3 is 15.1 Å². The van der Waals surface area contributed by atoms with Crippen LogP contribution in [0.5, 0.6) is 0 Å². The third-order valence-electron chi connectivity index (χ3n) is 4.48. The summed E-state index contributed by atoms with van der Waals surface area (Å²) >= 11 is 0. The molecule has 1 saturated carbocycles. The zero-order valence-electron chi connectivity index (χ0n) is 11.8. The third-order valence-corrected chi connectivity index (χ3v) is 4.48. The second-order valence-corrected chi connectivity index (χ2v) is 6.20. The Kier molecular flexibility index (Phi) is 4.83. The molecule has 0 bridgehead atoms. The number of nitrogens with one attached hydrogen (secondary N) is 1. The molecule has 1 unspecified atom stereocenters. The van der Waals surface area contributed by atoms with Crippen molar-refractivity contribution in [1.82, 2.24) is 15.1 Å². The molecule has 1 N–H and O–H groups in total. The molecule has 0 radical (unpaired) electrons. The summed E-state index contributed by atoms with van der Waals surface area (Å²) in [7, 11) is 6.65. The van der Waals surface area contributed by atoms with Crippen molar-refractivity contribution >= 4 is 0 Å². The highest BCUT2D eigenvalue weighted by atomic mass is 15.1. The molecule has 0 amide bonds. The third kappa shape index (κ3) is 4.23. The first-order chi connectivity index (χ1) is 8.19. The molecule has 2 rings (SSSR count). The van der Waals surface area contributed by atoms with E-state index < -0.39 is 0 Å². The molecule has 1 saturated heterocycles. The van der Waals surface area contributed by atoms with Crippen LogP contribution in [0, 0.1) is 11.8 Å². The summed E-state index contributed by atoms with van der Waals surface area (Å²) in [5.74, 6) is 1.88. The van der Waals surface area contributed by atoms with Gasteiger partial charge in [0, 0.05) is 19.1 Å². The quantitative estimate of drug-likeness (QED) is 0.753. The van der Waals surface area contributed by atoms with E-state index in [1.165, 1.54) is 51.9 Å². The fourth-order valence-electron chi connectivity index (χ4n) is 3.07. The normalized spacial score (nSPS) is 25.4. The van der Waals surface area contributed by atoms with E-state index in [2.05, 4.69) is 36.3 Å². The van der Waals surface area contributed by atoms with Crippen molar-refractivity contribution in [2.24, 2.45) is 11.8 Å². The molecule has 3 nitrogen and oxygen atoms in total. The summed E-state index contributed by atoms with van der Waals surface area (Å²) in [4.78, 5) is 5.01. The maximum Gasteiger partial charge on any atom is 0.0220 e. The topological polar surface area (TPSA) is 18.5 Å². The van der Waals surface area contributed by atoms with Crippen molar-refractivity contribution in [2.45, 2.75) is 31.7 Å². The van der Waals surface area contributed by atoms with Crippen molar-refractivity contribution in [3.05, 3.63) is 0 Å². The van der Waals surface area contributed by atoms with Gasteiger partial charge in [0.2, 0.25) is 0 Å². The van der Waals surface area contributed by atoms with Gasteiger partial charge in [-0.3, -0.25) is 0 Å². The molecule has 0 aromatic heterocycles. The van der Waals surface area contributed by atoms with Gasteiger partial charge in [-0.2, -0.15) is 0 Å². The molecule has 0 aromatic carbocycles. The zero-order chi connectivity index (χ0) is 12.3. The first-order valence-corrected chi connectivity index (χ1v) is 7.23. The fourth-order valence-corrected chi connectivity index (χ4v) is 3.07. The van der Waals surface area contributed by atoms with Crippen LogP contribution in [-0.2, 0) is 0 Å². The summed E-state index contributed by atoms with van der Waals surface area (Å²) in [5, 5.41) is 3.49. The summed E-state index contributed by atoms with van der Waals surface area (Å²) in [5.41, 5.74) is 0. The first-order valence-electron chi connectivity index (χ1n) is 7.23. The van der Waals surface area contributed by atoms with Gasteiger partial charge in [0.15, 0.2) is 0 Å². The molecule has 2 fully saturated rings. The Balaban J connectivity index is 1.67. The highest BCUT2D eigenvalue weighted by Crippen LogP contribution is 2.32. The van der Waals surface area contributed by atoms with Crippen LogP contribution in [-0.4, -0.2) is 63.2 Å². The molecule has 1 aliphatic heterocycles.